The molecule has 17 heavy (non-hydrogen) atoms. The van der Waals surface area contributed by atoms with E-state index < -0.39 is 0 Å². The van der Waals surface area contributed by atoms with Gasteiger partial charge in [0.15, 0.2) is 0 Å². The minimum absolute atomic E-state index is 0.119. The van der Waals surface area contributed by atoms with Crippen LogP contribution in [0.15, 0.2) is 0 Å². The summed E-state index contributed by atoms with van der Waals surface area (Å²) >= 11 is 0. The van der Waals surface area contributed by atoms with Crippen molar-refractivity contribution in [3.63, 3.8) is 0 Å². The summed E-state index contributed by atoms with van der Waals surface area (Å²) in [7, 11) is 0. The molecular formula is C13H26N2O2. The van der Waals surface area contributed by atoms with Gasteiger partial charge in [-0.1, -0.05) is 19.3 Å². The van der Waals surface area contributed by atoms with Crippen LogP contribution in [-0.4, -0.2) is 38.3 Å². The third-order valence-corrected chi connectivity index (χ3v) is 3.09. The Morgan fingerprint density at radius 1 is 1.24 bits per heavy atom. The van der Waals surface area contributed by atoms with Crippen molar-refractivity contribution in [1.82, 2.24) is 10.6 Å². The summed E-state index contributed by atoms with van der Waals surface area (Å²) in [5.41, 5.74) is 0. The van der Waals surface area contributed by atoms with E-state index in [4.69, 9.17) is 4.74 Å². The van der Waals surface area contributed by atoms with Crippen molar-refractivity contribution in [2.45, 2.75) is 51.6 Å². The molecule has 100 valence electrons. The molecule has 0 aromatic heterocycles. The van der Waals surface area contributed by atoms with Gasteiger partial charge in [0.05, 0.1) is 12.7 Å². The summed E-state index contributed by atoms with van der Waals surface area (Å²) in [5.74, 6) is 0.119. The summed E-state index contributed by atoms with van der Waals surface area (Å²) < 4.78 is 5.77. The Bertz CT molecular complexity index is 204. The van der Waals surface area contributed by atoms with E-state index in [1.54, 1.807) is 0 Å². The van der Waals surface area contributed by atoms with E-state index in [2.05, 4.69) is 10.6 Å². The van der Waals surface area contributed by atoms with Crippen LogP contribution in [0.4, 0.5) is 0 Å². The SMILES string of the molecule is CCNC(=O)CCNCCOC1CCCCC1. The first-order valence-corrected chi connectivity index (χ1v) is 6.92. The molecule has 4 nitrogen and oxygen atoms in total. The first-order chi connectivity index (χ1) is 8.33. The van der Waals surface area contributed by atoms with Crippen molar-refractivity contribution in [3.05, 3.63) is 0 Å². The van der Waals surface area contributed by atoms with Gasteiger partial charge in [-0.2, -0.15) is 0 Å². The Balaban J connectivity index is 1.85. The summed E-state index contributed by atoms with van der Waals surface area (Å²) in [6.45, 7) is 4.99. The first-order valence-electron chi connectivity index (χ1n) is 6.92. The maximum absolute atomic E-state index is 11.1. The van der Waals surface area contributed by atoms with Crippen LogP contribution >= 0.6 is 0 Å². The normalized spacial score (nSPS) is 17.0. The standard InChI is InChI=1S/C13H26N2O2/c1-2-15-13(16)8-9-14-10-11-17-12-6-4-3-5-7-12/h12,14H,2-11H2,1H3,(H,15,16). The molecule has 0 atom stereocenters. The maximum Gasteiger partial charge on any atom is 0.221 e. The molecule has 1 amide bonds. The molecule has 1 aliphatic rings. The fraction of sp³-hybridized carbons (Fsp3) is 0.923. The average molecular weight is 242 g/mol. The second kappa shape index (κ2) is 9.42. The molecule has 0 aliphatic heterocycles. The third-order valence-electron chi connectivity index (χ3n) is 3.09. The molecule has 0 radical (unpaired) electrons. The zero-order valence-corrected chi connectivity index (χ0v) is 11.0. The largest absolute Gasteiger partial charge is 0.377 e. The molecule has 0 unspecified atom stereocenters. The first kappa shape index (κ1) is 14.5. The predicted octanol–water partition coefficient (Wildman–Crippen LogP) is 1.45. The molecule has 1 rings (SSSR count). The van der Waals surface area contributed by atoms with Gasteiger partial charge < -0.3 is 15.4 Å². The van der Waals surface area contributed by atoms with Crippen LogP contribution in [0, 0.1) is 0 Å². The monoisotopic (exact) mass is 242 g/mol. The van der Waals surface area contributed by atoms with Crippen molar-refractivity contribution in [1.29, 1.82) is 0 Å². The molecule has 1 fully saturated rings. The number of carbonyl (C=O) groups is 1. The van der Waals surface area contributed by atoms with Gasteiger partial charge in [0.1, 0.15) is 0 Å². The Labute approximate surface area is 104 Å². The van der Waals surface area contributed by atoms with Crippen LogP contribution in [-0.2, 0) is 9.53 Å². The van der Waals surface area contributed by atoms with Crippen molar-refractivity contribution in [3.8, 4) is 0 Å². The topological polar surface area (TPSA) is 50.4 Å². The van der Waals surface area contributed by atoms with E-state index in [9.17, 15) is 4.79 Å². The van der Waals surface area contributed by atoms with Crippen LogP contribution in [0.5, 0.6) is 0 Å². The van der Waals surface area contributed by atoms with Gasteiger partial charge in [0, 0.05) is 26.1 Å². The Kier molecular flexibility index (Phi) is 8.01. The predicted molar refractivity (Wildman–Crippen MR) is 69.0 cm³/mol. The zero-order chi connectivity index (χ0) is 12.3. The van der Waals surface area contributed by atoms with Gasteiger partial charge in [-0.05, 0) is 19.8 Å². The molecule has 2 N–H and O–H groups in total. The lowest BCUT2D eigenvalue weighted by Crippen LogP contribution is -2.29. The van der Waals surface area contributed by atoms with Crippen molar-refractivity contribution in [2.75, 3.05) is 26.2 Å². The lowest BCUT2D eigenvalue weighted by atomic mass is 9.98. The Morgan fingerprint density at radius 3 is 2.71 bits per heavy atom. The minimum atomic E-state index is 0.119. The molecule has 1 aliphatic carbocycles. The van der Waals surface area contributed by atoms with E-state index in [1.165, 1.54) is 32.1 Å². The molecule has 0 spiro atoms. The molecule has 0 aromatic carbocycles. The highest BCUT2D eigenvalue weighted by atomic mass is 16.5. The fourth-order valence-electron chi connectivity index (χ4n) is 2.14. The Morgan fingerprint density at radius 2 is 2.00 bits per heavy atom. The second-order valence-corrected chi connectivity index (χ2v) is 4.58. The second-order valence-electron chi connectivity index (χ2n) is 4.58. The van der Waals surface area contributed by atoms with Crippen LogP contribution in [0.25, 0.3) is 0 Å². The molecule has 4 heteroatoms. The van der Waals surface area contributed by atoms with Gasteiger partial charge >= 0.3 is 0 Å². The lowest BCUT2D eigenvalue weighted by molar-refractivity contribution is -0.120. The highest BCUT2D eigenvalue weighted by Crippen LogP contribution is 2.19. The number of ether oxygens (including phenoxy) is 1. The van der Waals surface area contributed by atoms with E-state index in [-0.39, 0.29) is 5.91 Å². The number of hydrogen-bond acceptors (Lipinski definition) is 3. The van der Waals surface area contributed by atoms with Gasteiger partial charge in [-0.25, -0.2) is 0 Å². The molecule has 0 aromatic rings. The maximum atomic E-state index is 11.1. The number of carbonyl (C=O) groups excluding carboxylic acids is 1. The molecule has 0 bridgehead atoms. The summed E-state index contributed by atoms with van der Waals surface area (Å²) in [6, 6.07) is 0. The van der Waals surface area contributed by atoms with Crippen LogP contribution in [0.3, 0.4) is 0 Å². The molecule has 1 saturated carbocycles. The van der Waals surface area contributed by atoms with E-state index in [1.807, 2.05) is 6.92 Å². The van der Waals surface area contributed by atoms with Crippen LogP contribution in [0.2, 0.25) is 0 Å². The van der Waals surface area contributed by atoms with Gasteiger partial charge in [0.2, 0.25) is 5.91 Å². The minimum Gasteiger partial charge on any atom is -0.377 e. The number of nitrogens with one attached hydrogen (secondary N) is 2. The van der Waals surface area contributed by atoms with E-state index in [0.717, 1.165) is 19.7 Å². The zero-order valence-electron chi connectivity index (χ0n) is 11.0. The quantitative estimate of drug-likeness (QED) is 0.633. The van der Waals surface area contributed by atoms with E-state index in [0.29, 0.717) is 19.1 Å². The molecule has 0 heterocycles. The third kappa shape index (κ3) is 7.34. The van der Waals surface area contributed by atoms with Gasteiger partial charge in [-0.15, -0.1) is 0 Å². The number of rotatable bonds is 8. The average Bonchev–Trinajstić information content (AvgIpc) is 2.35. The molecule has 0 saturated heterocycles. The summed E-state index contributed by atoms with van der Waals surface area (Å²) in [4.78, 5) is 11.1. The van der Waals surface area contributed by atoms with Crippen LogP contribution in [0.1, 0.15) is 45.4 Å². The summed E-state index contributed by atoms with van der Waals surface area (Å²) in [5, 5.41) is 6.01. The Hall–Kier alpha value is -0.610. The fourth-order valence-corrected chi connectivity index (χ4v) is 2.14. The molecular weight excluding hydrogens is 216 g/mol. The van der Waals surface area contributed by atoms with Gasteiger partial charge in [0.25, 0.3) is 0 Å². The number of hydrogen-bond donors (Lipinski definition) is 2. The highest BCUT2D eigenvalue weighted by Gasteiger charge is 2.12. The van der Waals surface area contributed by atoms with Gasteiger partial charge in [-0.3, -0.25) is 4.79 Å². The summed E-state index contributed by atoms with van der Waals surface area (Å²) in [6.07, 6.45) is 7.47. The smallest absolute Gasteiger partial charge is 0.221 e. The lowest BCUT2D eigenvalue weighted by Gasteiger charge is -2.21. The van der Waals surface area contributed by atoms with Crippen molar-refractivity contribution in [2.24, 2.45) is 0 Å². The highest BCUT2D eigenvalue weighted by molar-refractivity contribution is 5.75. The van der Waals surface area contributed by atoms with Crippen molar-refractivity contribution < 1.29 is 9.53 Å². The number of amides is 1. The van der Waals surface area contributed by atoms with Crippen LogP contribution < -0.4 is 10.6 Å². The van der Waals surface area contributed by atoms with E-state index >= 15 is 0 Å². The van der Waals surface area contributed by atoms with Crippen molar-refractivity contribution >= 4 is 5.91 Å².